The first-order valence-corrected chi connectivity index (χ1v) is 9.83. The van der Waals surface area contributed by atoms with Crippen molar-refractivity contribution in [2.45, 2.75) is 70.2 Å². The molecule has 0 aromatic carbocycles. The predicted octanol–water partition coefficient (Wildman–Crippen LogP) is 1.71. The quantitative estimate of drug-likeness (QED) is 0.349. The van der Waals surface area contributed by atoms with Gasteiger partial charge in [-0.3, -0.25) is 4.79 Å². The molecule has 0 amide bonds. The predicted molar refractivity (Wildman–Crippen MR) is 101 cm³/mol. The van der Waals surface area contributed by atoms with Crippen LogP contribution in [0.2, 0.25) is 0 Å². The number of epoxide rings is 1. The van der Waals surface area contributed by atoms with Gasteiger partial charge in [0.15, 0.2) is 5.78 Å². The number of carbonyl (C=O) groups excluding carboxylic acids is 1. The van der Waals surface area contributed by atoms with E-state index < -0.39 is 24.4 Å². The highest BCUT2D eigenvalue weighted by molar-refractivity contribution is 6.04. The SMILES string of the molecule is C/C(=C\C(=O)c1ccoc1)C[C@@H]1OC[C@H](C[C@H]2O[C@H]2[C@@H](C)[C@H](C)O)[C@@H](O)[C@H]1O. The van der Waals surface area contributed by atoms with Gasteiger partial charge in [0.2, 0.25) is 0 Å². The zero-order valence-corrected chi connectivity index (χ0v) is 16.5. The summed E-state index contributed by atoms with van der Waals surface area (Å²) in [5, 5.41) is 30.7. The van der Waals surface area contributed by atoms with Gasteiger partial charge < -0.3 is 29.2 Å². The molecule has 1 aromatic heterocycles. The van der Waals surface area contributed by atoms with Crippen molar-refractivity contribution in [3.63, 3.8) is 0 Å². The smallest absolute Gasteiger partial charge is 0.188 e. The summed E-state index contributed by atoms with van der Waals surface area (Å²) in [6.07, 6.45) is 2.28. The van der Waals surface area contributed by atoms with E-state index >= 15 is 0 Å². The van der Waals surface area contributed by atoms with Crippen LogP contribution in [-0.4, -0.2) is 64.3 Å². The largest absolute Gasteiger partial charge is 0.472 e. The van der Waals surface area contributed by atoms with Gasteiger partial charge in [-0.15, -0.1) is 0 Å². The summed E-state index contributed by atoms with van der Waals surface area (Å²) in [5.74, 6) is -0.358. The lowest BCUT2D eigenvalue weighted by atomic mass is 9.85. The number of allylic oxidation sites excluding steroid dienone is 1. The molecule has 0 aliphatic carbocycles. The van der Waals surface area contributed by atoms with Crippen molar-refractivity contribution in [2.75, 3.05) is 6.61 Å². The minimum atomic E-state index is -1.03. The van der Waals surface area contributed by atoms with Crippen molar-refractivity contribution < 1.29 is 34.0 Å². The molecule has 2 fully saturated rings. The maximum Gasteiger partial charge on any atom is 0.188 e. The maximum atomic E-state index is 12.1. The highest BCUT2D eigenvalue weighted by atomic mass is 16.6. The number of hydrogen-bond acceptors (Lipinski definition) is 7. The molecule has 28 heavy (non-hydrogen) atoms. The van der Waals surface area contributed by atoms with Crippen LogP contribution >= 0.6 is 0 Å². The van der Waals surface area contributed by atoms with Crippen LogP contribution in [0, 0.1) is 11.8 Å². The molecule has 3 heterocycles. The molecule has 3 rings (SSSR count). The van der Waals surface area contributed by atoms with Crippen LogP contribution in [0.1, 0.15) is 44.0 Å². The first-order chi connectivity index (χ1) is 13.3. The maximum absolute atomic E-state index is 12.1. The van der Waals surface area contributed by atoms with Crippen LogP contribution in [-0.2, 0) is 9.47 Å². The summed E-state index contributed by atoms with van der Waals surface area (Å²) in [4.78, 5) is 12.1. The second-order valence-corrected chi connectivity index (χ2v) is 8.16. The van der Waals surface area contributed by atoms with E-state index in [0.717, 1.165) is 5.57 Å². The van der Waals surface area contributed by atoms with Crippen molar-refractivity contribution in [3.8, 4) is 0 Å². The Morgan fingerprint density at radius 3 is 2.68 bits per heavy atom. The Bertz CT molecular complexity index is 681. The van der Waals surface area contributed by atoms with Crippen LogP contribution in [0.25, 0.3) is 0 Å². The Labute approximate surface area is 164 Å². The molecule has 0 bridgehead atoms. The molecule has 0 unspecified atom stereocenters. The van der Waals surface area contributed by atoms with Crippen LogP contribution < -0.4 is 0 Å². The van der Waals surface area contributed by atoms with E-state index in [1.165, 1.54) is 18.6 Å². The number of ether oxygens (including phenoxy) is 2. The molecule has 2 saturated heterocycles. The molecule has 0 saturated carbocycles. The zero-order valence-electron chi connectivity index (χ0n) is 16.5. The van der Waals surface area contributed by atoms with Crippen molar-refractivity contribution in [1.29, 1.82) is 0 Å². The van der Waals surface area contributed by atoms with E-state index in [4.69, 9.17) is 13.9 Å². The first-order valence-electron chi connectivity index (χ1n) is 9.83. The number of rotatable bonds is 8. The standard InChI is InChI=1S/C21H30O7/c1-11(6-16(23)14-4-5-26-9-14)7-17-20(25)19(24)15(10-27-17)8-18-21(28-18)12(2)13(3)22/h4-6,9,12-13,15,17-22,24-25H,7-8,10H2,1-3H3/b11-6+/t12-,13-,15-,17-,18+,19+,20-,21-/m0/s1. The highest BCUT2D eigenvalue weighted by Crippen LogP contribution is 2.38. The van der Waals surface area contributed by atoms with Gasteiger partial charge in [-0.05, 0) is 38.8 Å². The zero-order chi connectivity index (χ0) is 20.4. The minimum Gasteiger partial charge on any atom is -0.472 e. The lowest BCUT2D eigenvalue weighted by Gasteiger charge is -2.38. The molecule has 1 aromatic rings. The van der Waals surface area contributed by atoms with Crippen molar-refractivity contribution in [3.05, 3.63) is 35.8 Å². The summed E-state index contributed by atoms with van der Waals surface area (Å²) in [5.41, 5.74) is 1.23. The fourth-order valence-corrected chi connectivity index (χ4v) is 3.80. The van der Waals surface area contributed by atoms with Crippen molar-refractivity contribution in [2.24, 2.45) is 11.8 Å². The molecule has 7 nitrogen and oxygen atoms in total. The van der Waals surface area contributed by atoms with E-state index in [0.29, 0.717) is 25.0 Å². The average molecular weight is 394 g/mol. The summed E-state index contributed by atoms with van der Waals surface area (Å²) in [6.45, 7) is 5.80. The molecule has 156 valence electrons. The van der Waals surface area contributed by atoms with Crippen LogP contribution in [0.4, 0.5) is 0 Å². The summed E-state index contributed by atoms with van der Waals surface area (Å²) in [7, 11) is 0. The van der Waals surface area contributed by atoms with Gasteiger partial charge in [-0.2, -0.15) is 0 Å². The Morgan fingerprint density at radius 2 is 2.04 bits per heavy atom. The van der Waals surface area contributed by atoms with Crippen LogP contribution in [0.15, 0.2) is 34.7 Å². The minimum absolute atomic E-state index is 0.0128. The normalized spacial score (nSPS) is 35.4. The number of carbonyl (C=O) groups is 1. The van der Waals surface area contributed by atoms with E-state index in [1.807, 2.05) is 6.92 Å². The van der Waals surface area contributed by atoms with Gasteiger partial charge in [0.05, 0.1) is 49.0 Å². The summed E-state index contributed by atoms with van der Waals surface area (Å²) >= 11 is 0. The lowest BCUT2D eigenvalue weighted by molar-refractivity contribution is -0.165. The second-order valence-electron chi connectivity index (χ2n) is 8.16. The van der Waals surface area contributed by atoms with E-state index in [9.17, 15) is 20.1 Å². The highest BCUT2D eigenvalue weighted by Gasteiger charge is 2.48. The van der Waals surface area contributed by atoms with Gasteiger partial charge in [0, 0.05) is 11.8 Å². The van der Waals surface area contributed by atoms with Crippen LogP contribution in [0.5, 0.6) is 0 Å². The molecule has 0 spiro atoms. The fraction of sp³-hybridized carbons (Fsp3) is 0.667. The number of furan rings is 1. The van der Waals surface area contributed by atoms with E-state index in [1.54, 1.807) is 19.9 Å². The molecule has 0 radical (unpaired) electrons. The third-order valence-electron chi connectivity index (χ3n) is 5.88. The number of ketones is 1. The molecule has 3 N–H and O–H groups in total. The lowest BCUT2D eigenvalue weighted by Crippen LogP contribution is -2.50. The fourth-order valence-electron chi connectivity index (χ4n) is 3.80. The Hall–Kier alpha value is -1.51. The molecule has 2 aliphatic rings. The topological polar surface area (TPSA) is 113 Å². The molecule has 2 aliphatic heterocycles. The second kappa shape index (κ2) is 8.88. The monoisotopic (exact) mass is 394 g/mol. The van der Waals surface area contributed by atoms with Crippen LogP contribution in [0.3, 0.4) is 0 Å². The molecular formula is C21H30O7. The Morgan fingerprint density at radius 1 is 1.29 bits per heavy atom. The van der Waals surface area contributed by atoms with Gasteiger partial charge in [-0.1, -0.05) is 12.5 Å². The summed E-state index contributed by atoms with van der Waals surface area (Å²) in [6, 6.07) is 1.60. The third-order valence-corrected chi connectivity index (χ3v) is 5.88. The van der Waals surface area contributed by atoms with E-state index in [-0.39, 0.29) is 29.8 Å². The summed E-state index contributed by atoms with van der Waals surface area (Å²) < 4.78 is 16.3. The third kappa shape index (κ3) is 4.90. The van der Waals surface area contributed by atoms with Crippen molar-refractivity contribution in [1.82, 2.24) is 0 Å². The molecule has 8 atom stereocenters. The Kier molecular flexibility index (Phi) is 6.73. The number of aliphatic hydroxyl groups excluding tert-OH is 3. The number of aliphatic hydroxyl groups is 3. The van der Waals surface area contributed by atoms with Gasteiger partial charge in [-0.25, -0.2) is 0 Å². The number of hydrogen-bond donors (Lipinski definition) is 3. The molecular weight excluding hydrogens is 364 g/mol. The molecule has 7 heteroatoms. The van der Waals surface area contributed by atoms with Gasteiger partial charge in [0.25, 0.3) is 0 Å². The average Bonchev–Trinajstić information content (AvgIpc) is 3.17. The van der Waals surface area contributed by atoms with Gasteiger partial charge in [0.1, 0.15) is 12.4 Å². The first kappa shape index (κ1) is 21.2. The van der Waals surface area contributed by atoms with Gasteiger partial charge >= 0.3 is 0 Å². The Balaban J connectivity index is 1.50. The van der Waals surface area contributed by atoms with E-state index in [2.05, 4.69) is 0 Å². The van der Waals surface area contributed by atoms with Crippen molar-refractivity contribution >= 4 is 5.78 Å².